The number of aromatic amines is 2. The van der Waals surface area contributed by atoms with E-state index in [2.05, 4.69) is 50.7 Å². The van der Waals surface area contributed by atoms with Gasteiger partial charge in [-0.1, -0.05) is 10.3 Å². The summed E-state index contributed by atoms with van der Waals surface area (Å²) in [4.78, 5) is 14.0. The molecule has 0 aliphatic heterocycles. The van der Waals surface area contributed by atoms with E-state index in [1.807, 2.05) is 0 Å². The van der Waals surface area contributed by atoms with E-state index in [1.165, 1.54) is 12.1 Å². The molecule has 4 N–H and O–H groups in total. The van der Waals surface area contributed by atoms with Gasteiger partial charge in [-0.15, -0.1) is 0 Å². The van der Waals surface area contributed by atoms with Gasteiger partial charge >= 0.3 is 7.12 Å². The SMILES string of the molecule is Cc1noc(C)c1-c1nc2[nH]ccc2cc1F.Cc1noc(C)c1B(O)O.Fc1cc2cc[nH]c2nc1Br. The number of halogens is 3. The van der Waals surface area contributed by atoms with Gasteiger partial charge in [0, 0.05) is 28.6 Å². The number of fused-ring (bicyclic) bond motifs is 2. The van der Waals surface area contributed by atoms with Gasteiger partial charge in [-0.2, -0.15) is 0 Å². The number of aryl methyl sites for hydroxylation is 4. The topological polar surface area (TPSA) is 150 Å². The van der Waals surface area contributed by atoms with Gasteiger partial charge in [-0.25, -0.2) is 18.7 Å². The predicted octanol–water partition coefficient (Wildman–Crippen LogP) is 4.41. The molecule has 0 unspecified atom stereocenters. The van der Waals surface area contributed by atoms with Gasteiger partial charge in [0.1, 0.15) is 38.9 Å². The minimum absolute atomic E-state index is 0.243. The van der Waals surface area contributed by atoms with E-state index in [1.54, 1.807) is 52.2 Å². The van der Waals surface area contributed by atoms with Gasteiger partial charge < -0.3 is 29.1 Å². The Hall–Kier alpha value is -3.88. The van der Waals surface area contributed by atoms with E-state index in [-0.39, 0.29) is 21.9 Å². The van der Waals surface area contributed by atoms with Crippen LogP contribution in [0.15, 0.2) is 50.3 Å². The summed E-state index contributed by atoms with van der Waals surface area (Å²) in [6.45, 7) is 6.81. The molecule has 0 atom stereocenters. The quantitative estimate of drug-likeness (QED) is 0.172. The smallest absolute Gasteiger partial charge is 0.423 e. The van der Waals surface area contributed by atoms with Crippen LogP contribution < -0.4 is 5.46 Å². The molecule has 196 valence electrons. The first-order valence-corrected chi connectivity index (χ1v) is 12.0. The third-order valence-electron chi connectivity index (χ3n) is 5.55. The van der Waals surface area contributed by atoms with E-state index < -0.39 is 7.12 Å². The fourth-order valence-electron chi connectivity index (χ4n) is 3.74. The second kappa shape index (κ2) is 11.2. The Morgan fingerprint density at radius 3 is 1.87 bits per heavy atom. The third kappa shape index (κ3) is 5.66. The van der Waals surface area contributed by atoms with Gasteiger partial charge in [-0.3, -0.25) is 0 Å². The number of aromatic nitrogens is 6. The highest BCUT2D eigenvalue weighted by Crippen LogP contribution is 2.29. The molecule has 0 saturated carbocycles. The number of pyridine rings is 2. The van der Waals surface area contributed by atoms with Crippen LogP contribution in [0.25, 0.3) is 33.3 Å². The number of rotatable bonds is 2. The van der Waals surface area contributed by atoms with Crippen LogP contribution in [-0.2, 0) is 0 Å². The fourth-order valence-corrected chi connectivity index (χ4v) is 4.04. The molecule has 6 rings (SSSR count). The van der Waals surface area contributed by atoms with Gasteiger partial charge in [0.25, 0.3) is 0 Å². The maximum atomic E-state index is 14.0. The zero-order valence-electron chi connectivity index (χ0n) is 20.7. The molecular formula is C24H22BBrF2N6O4. The van der Waals surface area contributed by atoms with Crippen molar-refractivity contribution in [2.24, 2.45) is 0 Å². The Morgan fingerprint density at radius 1 is 0.816 bits per heavy atom. The van der Waals surface area contributed by atoms with Crippen LogP contribution >= 0.6 is 15.9 Å². The van der Waals surface area contributed by atoms with Crippen molar-refractivity contribution in [3.63, 3.8) is 0 Å². The lowest BCUT2D eigenvalue weighted by Crippen LogP contribution is -2.32. The molecule has 0 spiro atoms. The van der Waals surface area contributed by atoms with Crippen molar-refractivity contribution in [2.45, 2.75) is 27.7 Å². The van der Waals surface area contributed by atoms with E-state index in [0.717, 1.165) is 10.8 Å². The van der Waals surface area contributed by atoms with Crippen molar-refractivity contribution in [2.75, 3.05) is 0 Å². The zero-order chi connectivity index (χ0) is 27.6. The van der Waals surface area contributed by atoms with Crippen LogP contribution in [0.1, 0.15) is 22.9 Å². The summed E-state index contributed by atoms with van der Waals surface area (Å²) in [6.07, 6.45) is 3.46. The highest BCUT2D eigenvalue weighted by Gasteiger charge is 2.21. The molecule has 0 aromatic carbocycles. The van der Waals surface area contributed by atoms with Gasteiger partial charge in [-0.05, 0) is 67.9 Å². The van der Waals surface area contributed by atoms with Crippen LogP contribution in [0.3, 0.4) is 0 Å². The number of hydrogen-bond donors (Lipinski definition) is 4. The maximum absolute atomic E-state index is 14.0. The summed E-state index contributed by atoms with van der Waals surface area (Å²) in [6, 6.07) is 6.45. The molecular weight excluding hydrogens is 565 g/mol. The van der Waals surface area contributed by atoms with Crippen LogP contribution in [0.2, 0.25) is 0 Å². The Bertz CT molecular complexity index is 1640. The highest BCUT2D eigenvalue weighted by atomic mass is 79.9. The molecule has 0 bridgehead atoms. The number of nitrogens with one attached hydrogen (secondary N) is 2. The molecule has 14 heteroatoms. The highest BCUT2D eigenvalue weighted by molar-refractivity contribution is 9.10. The standard InChI is InChI=1S/C12H10FN3O.C7H4BrFN2.C5H8BNO3/c1-6-10(7(2)17-16-6)11-9(13)5-8-3-4-14-12(8)15-11;8-6-5(9)3-4-1-2-10-7(4)11-6;1-3-5(6(8)9)4(2)10-7-3/h3-5H,1-2H3,(H,14,15);1-3H,(H,10,11);8-9H,1-2H3. The summed E-state index contributed by atoms with van der Waals surface area (Å²) in [5.74, 6) is 0.316. The molecule has 0 saturated heterocycles. The van der Waals surface area contributed by atoms with Crippen LogP contribution in [0.4, 0.5) is 8.78 Å². The summed E-state index contributed by atoms with van der Waals surface area (Å²) in [5, 5.41) is 26.3. The van der Waals surface area contributed by atoms with Crippen LogP contribution in [-0.4, -0.2) is 47.4 Å². The van der Waals surface area contributed by atoms with Gasteiger partial charge in [0.05, 0.1) is 17.0 Å². The lowest BCUT2D eigenvalue weighted by molar-refractivity contribution is 0.392. The molecule has 6 aromatic heterocycles. The second-order valence-corrected chi connectivity index (χ2v) is 8.97. The van der Waals surface area contributed by atoms with Crippen molar-refractivity contribution in [1.82, 2.24) is 30.2 Å². The molecule has 0 aliphatic rings. The first-order chi connectivity index (χ1) is 18.1. The van der Waals surface area contributed by atoms with Crippen molar-refractivity contribution in [3.8, 4) is 11.3 Å². The fraction of sp³-hybridized carbons (Fsp3) is 0.167. The molecule has 10 nitrogen and oxygen atoms in total. The Labute approximate surface area is 223 Å². The first-order valence-electron chi connectivity index (χ1n) is 11.2. The number of H-pyrrole nitrogens is 2. The lowest BCUT2D eigenvalue weighted by Gasteiger charge is -2.01. The number of nitrogens with zero attached hydrogens (tertiary/aromatic N) is 4. The average molecular weight is 587 g/mol. The normalized spacial score (nSPS) is 10.8. The van der Waals surface area contributed by atoms with E-state index in [9.17, 15) is 8.78 Å². The molecule has 0 fully saturated rings. The second-order valence-electron chi connectivity index (χ2n) is 8.22. The van der Waals surface area contributed by atoms with Gasteiger partial charge in [0.15, 0.2) is 5.82 Å². The zero-order valence-corrected chi connectivity index (χ0v) is 22.3. The minimum atomic E-state index is -1.48. The average Bonchev–Trinajstić information content (AvgIpc) is 3.64. The lowest BCUT2D eigenvalue weighted by atomic mass is 9.79. The summed E-state index contributed by atoms with van der Waals surface area (Å²) in [7, 11) is -1.48. The molecule has 38 heavy (non-hydrogen) atoms. The predicted molar refractivity (Wildman–Crippen MR) is 141 cm³/mol. The summed E-state index contributed by atoms with van der Waals surface area (Å²) >= 11 is 2.99. The number of hydrogen-bond acceptors (Lipinski definition) is 8. The van der Waals surface area contributed by atoms with E-state index >= 15 is 0 Å². The third-order valence-corrected chi connectivity index (χ3v) is 6.11. The first kappa shape index (κ1) is 27.2. The molecule has 6 heterocycles. The van der Waals surface area contributed by atoms with Crippen LogP contribution in [0, 0.1) is 39.3 Å². The largest absolute Gasteiger partial charge is 0.494 e. The molecule has 6 aromatic rings. The Balaban J connectivity index is 0.000000140. The monoisotopic (exact) mass is 586 g/mol. The Kier molecular flexibility index (Phi) is 8.04. The summed E-state index contributed by atoms with van der Waals surface area (Å²) in [5.41, 5.74) is 3.77. The van der Waals surface area contributed by atoms with Crippen molar-refractivity contribution in [1.29, 1.82) is 0 Å². The van der Waals surface area contributed by atoms with E-state index in [0.29, 0.717) is 45.2 Å². The maximum Gasteiger partial charge on any atom is 0.494 e. The molecule has 0 radical (unpaired) electrons. The molecule has 0 amide bonds. The van der Waals surface area contributed by atoms with Crippen molar-refractivity contribution < 1.29 is 27.9 Å². The summed E-state index contributed by atoms with van der Waals surface area (Å²) < 4.78 is 36.7. The Morgan fingerprint density at radius 2 is 1.37 bits per heavy atom. The van der Waals surface area contributed by atoms with Crippen molar-refractivity contribution >= 4 is 50.6 Å². The van der Waals surface area contributed by atoms with E-state index in [4.69, 9.17) is 14.6 Å². The van der Waals surface area contributed by atoms with Gasteiger partial charge in [0.2, 0.25) is 0 Å². The van der Waals surface area contributed by atoms with Crippen LogP contribution in [0.5, 0.6) is 0 Å². The minimum Gasteiger partial charge on any atom is -0.423 e. The molecule has 0 aliphatic carbocycles. The van der Waals surface area contributed by atoms with Crippen molar-refractivity contribution in [3.05, 3.63) is 75.8 Å².